The maximum absolute atomic E-state index is 11.3. The van der Waals surface area contributed by atoms with Crippen LogP contribution in [0.25, 0.3) is 0 Å². The van der Waals surface area contributed by atoms with Gasteiger partial charge >= 0.3 is 5.97 Å². The summed E-state index contributed by atoms with van der Waals surface area (Å²) in [6, 6.07) is 5.30. The van der Waals surface area contributed by atoms with Crippen LogP contribution in [0.5, 0.6) is 0 Å². The zero-order chi connectivity index (χ0) is 12.3. The van der Waals surface area contributed by atoms with Gasteiger partial charge in [-0.3, -0.25) is 9.59 Å². The van der Waals surface area contributed by atoms with Crippen LogP contribution in [-0.4, -0.2) is 25.0 Å². The van der Waals surface area contributed by atoms with Crippen molar-refractivity contribution in [3.63, 3.8) is 0 Å². The number of rotatable bonds is 4. The predicted molar refractivity (Wildman–Crippen MR) is 64.1 cm³/mol. The summed E-state index contributed by atoms with van der Waals surface area (Å²) in [7, 11) is 0. The van der Waals surface area contributed by atoms with Gasteiger partial charge in [-0.15, -0.1) is 0 Å². The minimum atomic E-state index is -0.249. The SMILES string of the molecule is CCOC(=O)CC1Nc2ccc(C=O)cc2N1. The predicted octanol–water partition coefficient (Wildman–Crippen LogP) is 1.62. The van der Waals surface area contributed by atoms with Crippen LogP contribution in [0, 0.1) is 0 Å². The molecule has 0 bridgehead atoms. The summed E-state index contributed by atoms with van der Waals surface area (Å²) < 4.78 is 4.87. The van der Waals surface area contributed by atoms with E-state index in [4.69, 9.17) is 4.74 Å². The van der Waals surface area contributed by atoms with E-state index in [1.54, 1.807) is 19.1 Å². The number of hydrogen-bond donors (Lipinski definition) is 2. The molecule has 0 spiro atoms. The van der Waals surface area contributed by atoms with Crippen molar-refractivity contribution in [2.75, 3.05) is 17.2 Å². The molecule has 0 saturated carbocycles. The molecule has 90 valence electrons. The van der Waals surface area contributed by atoms with E-state index in [-0.39, 0.29) is 18.6 Å². The van der Waals surface area contributed by atoms with Crippen LogP contribution in [0.2, 0.25) is 0 Å². The van der Waals surface area contributed by atoms with E-state index >= 15 is 0 Å². The number of carbonyl (C=O) groups excluding carboxylic acids is 2. The van der Waals surface area contributed by atoms with Crippen LogP contribution in [0.15, 0.2) is 18.2 Å². The number of aldehydes is 1. The van der Waals surface area contributed by atoms with Gasteiger partial charge in [0.15, 0.2) is 0 Å². The first kappa shape index (κ1) is 11.4. The highest BCUT2D eigenvalue weighted by molar-refractivity contribution is 5.84. The minimum Gasteiger partial charge on any atom is -0.466 e. The van der Waals surface area contributed by atoms with Crippen molar-refractivity contribution in [2.45, 2.75) is 19.5 Å². The van der Waals surface area contributed by atoms with E-state index in [0.29, 0.717) is 12.2 Å². The summed E-state index contributed by atoms with van der Waals surface area (Å²) >= 11 is 0. The number of fused-ring (bicyclic) bond motifs is 1. The van der Waals surface area contributed by atoms with Gasteiger partial charge in [0.2, 0.25) is 0 Å². The molecule has 2 N–H and O–H groups in total. The molecule has 17 heavy (non-hydrogen) atoms. The summed E-state index contributed by atoms with van der Waals surface area (Å²) in [5, 5.41) is 6.27. The van der Waals surface area contributed by atoms with Gasteiger partial charge in [-0.2, -0.15) is 0 Å². The Bertz CT molecular complexity index is 445. The van der Waals surface area contributed by atoms with Gasteiger partial charge in [0.25, 0.3) is 0 Å². The Kier molecular flexibility index (Phi) is 3.27. The minimum absolute atomic E-state index is 0.175. The first-order chi connectivity index (χ1) is 8.22. The maximum atomic E-state index is 11.3. The third-order valence-corrected chi connectivity index (χ3v) is 2.52. The number of carbonyl (C=O) groups is 2. The topological polar surface area (TPSA) is 67.4 Å². The fourth-order valence-corrected chi connectivity index (χ4v) is 1.78. The Morgan fingerprint density at radius 1 is 1.41 bits per heavy atom. The quantitative estimate of drug-likeness (QED) is 0.612. The van der Waals surface area contributed by atoms with E-state index in [9.17, 15) is 9.59 Å². The largest absolute Gasteiger partial charge is 0.466 e. The number of esters is 1. The van der Waals surface area contributed by atoms with Crippen molar-refractivity contribution in [1.82, 2.24) is 0 Å². The molecule has 1 heterocycles. The van der Waals surface area contributed by atoms with Gasteiger partial charge in [-0.05, 0) is 25.1 Å². The summed E-state index contributed by atoms with van der Waals surface area (Å²) in [6.07, 6.45) is 0.866. The van der Waals surface area contributed by atoms with E-state index in [2.05, 4.69) is 10.6 Å². The highest BCUT2D eigenvalue weighted by Gasteiger charge is 2.22. The molecule has 0 fully saturated rings. The number of nitrogens with one attached hydrogen (secondary N) is 2. The zero-order valence-electron chi connectivity index (χ0n) is 9.53. The van der Waals surface area contributed by atoms with E-state index in [0.717, 1.165) is 17.7 Å². The second kappa shape index (κ2) is 4.86. The average Bonchev–Trinajstić information content (AvgIpc) is 2.69. The molecule has 2 rings (SSSR count). The highest BCUT2D eigenvalue weighted by atomic mass is 16.5. The van der Waals surface area contributed by atoms with Gasteiger partial charge in [0.05, 0.1) is 24.4 Å². The smallest absolute Gasteiger partial charge is 0.309 e. The number of hydrogen-bond acceptors (Lipinski definition) is 5. The second-order valence-electron chi connectivity index (χ2n) is 3.77. The van der Waals surface area contributed by atoms with Crippen LogP contribution in [-0.2, 0) is 9.53 Å². The van der Waals surface area contributed by atoms with E-state index < -0.39 is 0 Å². The van der Waals surface area contributed by atoms with Gasteiger partial charge in [0.1, 0.15) is 12.5 Å². The molecule has 1 aromatic carbocycles. The van der Waals surface area contributed by atoms with Crippen molar-refractivity contribution in [1.29, 1.82) is 0 Å². The first-order valence-corrected chi connectivity index (χ1v) is 5.51. The molecule has 0 saturated heterocycles. The molecule has 1 atom stereocenters. The fourth-order valence-electron chi connectivity index (χ4n) is 1.78. The van der Waals surface area contributed by atoms with Crippen molar-refractivity contribution in [2.24, 2.45) is 0 Å². The maximum Gasteiger partial charge on any atom is 0.309 e. The molecule has 0 aromatic heterocycles. The average molecular weight is 234 g/mol. The van der Waals surface area contributed by atoms with Crippen molar-refractivity contribution >= 4 is 23.6 Å². The van der Waals surface area contributed by atoms with Crippen LogP contribution in [0.1, 0.15) is 23.7 Å². The second-order valence-corrected chi connectivity index (χ2v) is 3.77. The number of benzene rings is 1. The zero-order valence-corrected chi connectivity index (χ0v) is 9.53. The summed E-state index contributed by atoms with van der Waals surface area (Å²) in [4.78, 5) is 21.9. The van der Waals surface area contributed by atoms with Crippen LogP contribution in [0.3, 0.4) is 0 Å². The highest BCUT2D eigenvalue weighted by Crippen LogP contribution is 2.30. The lowest BCUT2D eigenvalue weighted by atomic mass is 10.2. The number of anilines is 2. The molecular formula is C12H14N2O3. The summed E-state index contributed by atoms with van der Waals surface area (Å²) in [6.45, 7) is 2.16. The van der Waals surface area contributed by atoms with Crippen molar-refractivity contribution in [3.05, 3.63) is 23.8 Å². The summed E-state index contributed by atoms with van der Waals surface area (Å²) in [5.41, 5.74) is 2.34. The Morgan fingerprint density at radius 3 is 2.88 bits per heavy atom. The lowest BCUT2D eigenvalue weighted by molar-refractivity contribution is -0.143. The van der Waals surface area contributed by atoms with Crippen LogP contribution >= 0.6 is 0 Å². The monoisotopic (exact) mass is 234 g/mol. The van der Waals surface area contributed by atoms with E-state index in [1.807, 2.05) is 6.07 Å². The molecule has 0 radical (unpaired) electrons. The normalized spacial score (nSPS) is 16.6. The standard InChI is InChI=1S/C12H14N2O3/c1-2-17-12(16)6-11-13-9-4-3-8(7-15)5-10(9)14-11/h3-5,7,11,13-14H,2,6H2,1H3. The lowest BCUT2D eigenvalue weighted by Crippen LogP contribution is -2.26. The third kappa shape index (κ3) is 2.55. The molecular weight excluding hydrogens is 220 g/mol. The molecule has 0 amide bonds. The Labute approximate surface area is 99.2 Å². The molecule has 1 aromatic rings. The molecule has 1 unspecified atom stereocenters. The first-order valence-electron chi connectivity index (χ1n) is 5.51. The summed E-state index contributed by atoms with van der Waals surface area (Å²) in [5.74, 6) is -0.249. The lowest BCUT2D eigenvalue weighted by Gasteiger charge is -2.10. The molecule has 1 aliphatic rings. The molecule has 0 aliphatic carbocycles. The number of ether oxygens (including phenoxy) is 1. The van der Waals surface area contributed by atoms with Gasteiger partial charge in [-0.25, -0.2) is 0 Å². The van der Waals surface area contributed by atoms with Crippen LogP contribution in [0.4, 0.5) is 11.4 Å². The van der Waals surface area contributed by atoms with E-state index in [1.165, 1.54) is 0 Å². The van der Waals surface area contributed by atoms with Crippen LogP contribution < -0.4 is 10.6 Å². The van der Waals surface area contributed by atoms with Gasteiger partial charge in [-0.1, -0.05) is 0 Å². The Balaban J connectivity index is 2.01. The van der Waals surface area contributed by atoms with Crippen molar-refractivity contribution < 1.29 is 14.3 Å². The Hall–Kier alpha value is -2.04. The molecule has 5 heteroatoms. The molecule has 5 nitrogen and oxygen atoms in total. The van der Waals surface area contributed by atoms with Gasteiger partial charge in [0, 0.05) is 5.56 Å². The third-order valence-electron chi connectivity index (χ3n) is 2.52. The Morgan fingerprint density at radius 2 is 2.18 bits per heavy atom. The van der Waals surface area contributed by atoms with Crippen molar-refractivity contribution in [3.8, 4) is 0 Å². The fraction of sp³-hybridized carbons (Fsp3) is 0.333. The molecule has 1 aliphatic heterocycles. The van der Waals surface area contributed by atoms with Gasteiger partial charge < -0.3 is 15.4 Å².